The van der Waals surface area contributed by atoms with E-state index in [1.54, 1.807) is 24.3 Å². The smallest absolute Gasteiger partial charge is 0.335 e. The molecule has 0 fully saturated rings. The molecule has 23 heavy (non-hydrogen) atoms. The normalized spacial score (nSPS) is 10.5. The van der Waals surface area contributed by atoms with Crippen LogP contribution in [0.3, 0.4) is 0 Å². The number of nitrogens with zero attached hydrogens (tertiary/aromatic N) is 1. The SMILES string of the molecule is COc1cc(-c2coc(-c3cccc(C(=O)O)c3)n2)ccc1O. The first-order chi connectivity index (χ1) is 11.1. The lowest BCUT2D eigenvalue weighted by Gasteiger charge is -2.04. The van der Waals surface area contributed by atoms with E-state index in [1.807, 2.05) is 0 Å². The molecule has 0 aliphatic rings. The van der Waals surface area contributed by atoms with Crippen molar-refractivity contribution in [3.63, 3.8) is 0 Å². The minimum Gasteiger partial charge on any atom is -0.504 e. The standard InChI is InChI=1S/C17H13NO5/c1-22-15-8-10(5-6-14(15)19)13-9-23-16(18-13)11-3-2-4-12(7-11)17(20)21/h2-9,19H,1H3,(H,20,21). The zero-order chi connectivity index (χ0) is 16.4. The van der Waals surface area contributed by atoms with Crippen molar-refractivity contribution in [3.8, 4) is 34.2 Å². The van der Waals surface area contributed by atoms with Crippen LogP contribution in [0.25, 0.3) is 22.7 Å². The third-order valence-electron chi connectivity index (χ3n) is 3.34. The van der Waals surface area contributed by atoms with E-state index < -0.39 is 5.97 Å². The molecule has 0 spiro atoms. The highest BCUT2D eigenvalue weighted by atomic mass is 16.5. The number of hydrogen-bond acceptors (Lipinski definition) is 5. The van der Waals surface area contributed by atoms with Gasteiger partial charge >= 0.3 is 5.97 Å². The van der Waals surface area contributed by atoms with Crippen molar-refractivity contribution >= 4 is 5.97 Å². The van der Waals surface area contributed by atoms with Gasteiger partial charge in [-0.2, -0.15) is 0 Å². The number of hydrogen-bond donors (Lipinski definition) is 2. The van der Waals surface area contributed by atoms with Crippen LogP contribution in [0.1, 0.15) is 10.4 Å². The first-order valence-electron chi connectivity index (χ1n) is 6.75. The molecule has 6 heteroatoms. The summed E-state index contributed by atoms with van der Waals surface area (Å²) in [5.74, 6) is -0.328. The zero-order valence-electron chi connectivity index (χ0n) is 12.2. The summed E-state index contributed by atoms with van der Waals surface area (Å²) in [7, 11) is 1.46. The molecule has 3 aromatic rings. The second kappa shape index (κ2) is 5.84. The summed E-state index contributed by atoms with van der Waals surface area (Å²) in [6.07, 6.45) is 1.47. The largest absolute Gasteiger partial charge is 0.504 e. The summed E-state index contributed by atoms with van der Waals surface area (Å²) in [4.78, 5) is 15.4. The minimum absolute atomic E-state index is 0.0362. The van der Waals surface area contributed by atoms with E-state index in [1.165, 1.54) is 31.6 Å². The average molecular weight is 311 g/mol. The number of benzene rings is 2. The number of carboxylic acid groups (broad SMARTS) is 1. The number of carboxylic acids is 1. The minimum atomic E-state index is -1.01. The molecular formula is C17H13NO5. The molecule has 6 nitrogen and oxygen atoms in total. The van der Waals surface area contributed by atoms with E-state index in [0.29, 0.717) is 28.5 Å². The molecule has 2 N–H and O–H groups in total. The van der Waals surface area contributed by atoms with E-state index in [9.17, 15) is 9.90 Å². The van der Waals surface area contributed by atoms with Crippen LogP contribution in [0.5, 0.6) is 11.5 Å². The molecule has 0 amide bonds. The van der Waals surface area contributed by atoms with Crippen molar-refractivity contribution < 1.29 is 24.2 Å². The molecule has 0 aliphatic heterocycles. The number of phenolic OH excluding ortho intramolecular Hbond substituents is 1. The Balaban J connectivity index is 1.97. The first kappa shape index (κ1) is 14.6. The number of methoxy groups -OCH3 is 1. The lowest BCUT2D eigenvalue weighted by molar-refractivity contribution is 0.0697. The Morgan fingerprint density at radius 1 is 1.17 bits per heavy atom. The summed E-state index contributed by atoms with van der Waals surface area (Å²) in [6.45, 7) is 0. The monoisotopic (exact) mass is 311 g/mol. The molecule has 0 bridgehead atoms. The lowest BCUT2D eigenvalue weighted by Crippen LogP contribution is -1.95. The number of oxazole rings is 1. The quantitative estimate of drug-likeness (QED) is 0.767. The predicted molar refractivity (Wildman–Crippen MR) is 82.6 cm³/mol. The van der Waals surface area contributed by atoms with E-state index in [2.05, 4.69) is 4.98 Å². The third kappa shape index (κ3) is 2.87. The van der Waals surface area contributed by atoms with E-state index in [0.717, 1.165) is 0 Å². The summed E-state index contributed by atoms with van der Waals surface area (Å²) >= 11 is 0. The van der Waals surface area contributed by atoms with Gasteiger partial charge < -0.3 is 19.4 Å². The van der Waals surface area contributed by atoms with Gasteiger partial charge in [-0.1, -0.05) is 6.07 Å². The van der Waals surface area contributed by atoms with Gasteiger partial charge in [-0.3, -0.25) is 0 Å². The van der Waals surface area contributed by atoms with Crippen LogP contribution in [0.2, 0.25) is 0 Å². The summed E-state index contributed by atoms with van der Waals surface area (Å²) in [6, 6.07) is 11.2. The highest BCUT2D eigenvalue weighted by Gasteiger charge is 2.12. The maximum absolute atomic E-state index is 11.0. The van der Waals surface area contributed by atoms with Gasteiger partial charge in [-0.05, 0) is 36.4 Å². The molecule has 2 aromatic carbocycles. The Bertz CT molecular complexity index is 869. The van der Waals surface area contributed by atoms with Gasteiger partial charge in [0.05, 0.1) is 12.7 Å². The lowest BCUT2D eigenvalue weighted by atomic mass is 10.1. The number of ether oxygens (including phenoxy) is 1. The van der Waals surface area contributed by atoms with E-state index in [-0.39, 0.29) is 11.3 Å². The van der Waals surface area contributed by atoms with Gasteiger partial charge in [-0.25, -0.2) is 9.78 Å². The molecule has 1 heterocycles. The van der Waals surface area contributed by atoms with Gasteiger partial charge in [0.25, 0.3) is 0 Å². The van der Waals surface area contributed by atoms with Crippen molar-refractivity contribution in [2.45, 2.75) is 0 Å². The Labute approximate surface area is 131 Å². The first-order valence-corrected chi connectivity index (χ1v) is 6.75. The van der Waals surface area contributed by atoms with Gasteiger partial charge in [0.1, 0.15) is 12.0 Å². The maximum Gasteiger partial charge on any atom is 0.335 e. The van der Waals surface area contributed by atoms with Crippen LogP contribution >= 0.6 is 0 Å². The molecule has 0 unspecified atom stereocenters. The van der Waals surface area contributed by atoms with Crippen LogP contribution in [-0.2, 0) is 0 Å². The Hall–Kier alpha value is -3.28. The third-order valence-corrected chi connectivity index (χ3v) is 3.34. The van der Waals surface area contributed by atoms with Crippen molar-refractivity contribution in [2.75, 3.05) is 7.11 Å². The van der Waals surface area contributed by atoms with Crippen molar-refractivity contribution in [1.82, 2.24) is 4.98 Å². The maximum atomic E-state index is 11.0. The number of rotatable bonds is 4. The number of carbonyl (C=O) groups is 1. The van der Waals surface area contributed by atoms with Crippen LogP contribution in [0, 0.1) is 0 Å². The Morgan fingerprint density at radius 2 is 2.00 bits per heavy atom. The van der Waals surface area contributed by atoms with Gasteiger partial charge in [-0.15, -0.1) is 0 Å². The molecule has 3 rings (SSSR count). The number of aromatic nitrogens is 1. The number of aromatic carboxylic acids is 1. The molecule has 1 aromatic heterocycles. The average Bonchev–Trinajstić information content (AvgIpc) is 3.05. The topological polar surface area (TPSA) is 92.8 Å². The summed E-state index contributed by atoms with van der Waals surface area (Å²) in [5, 5.41) is 18.7. The van der Waals surface area contributed by atoms with Gasteiger partial charge in [0, 0.05) is 11.1 Å². The van der Waals surface area contributed by atoms with Crippen molar-refractivity contribution in [2.24, 2.45) is 0 Å². The zero-order valence-corrected chi connectivity index (χ0v) is 12.2. The molecular weight excluding hydrogens is 298 g/mol. The molecule has 0 atom stereocenters. The van der Waals surface area contributed by atoms with Crippen LogP contribution in [0.4, 0.5) is 0 Å². The van der Waals surface area contributed by atoms with E-state index >= 15 is 0 Å². The highest BCUT2D eigenvalue weighted by Crippen LogP contribution is 2.32. The Kier molecular flexibility index (Phi) is 3.72. The Morgan fingerprint density at radius 3 is 2.74 bits per heavy atom. The molecule has 0 saturated heterocycles. The fourth-order valence-corrected chi connectivity index (χ4v) is 2.16. The van der Waals surface area contributed by atoms with Crippen LogP contribution in [-0.4, -0.2) is 28.3 Å². The van der Waals surface area contributed by atoms with Crippen molar-refractivity contribution in [1.29, 1.82) is 0 Å². The fourth-order valence-electron chi connectivity index (χ4n) is 2.16. The highest BCUT2D eigenvalue weighted by molar-refractivity contribution is 5.89. The molecule has 0 saturated carbocycles. The second-order valence-electron chi connectivity index (χ2n) is 4.81. The predicted octanol–water partition coefficient (Wildman–Crippen LogP) is 3.42. The van der Waals surface area contributed by atoms with Gasteiger partial charge in [0.2, 0.25) is 5.89 Å². The van der Waals surface area contributed by atoms with Crippen LogP contribution in [0.15, 0.2) is 53.1 Å². The van der Waals surface area contributed by atoms with Crippen molar-refractivity contribution in [3.05, 3.63) is 54.3 Å². The van der Waals surface area contributed by atoms with Gasteiger partial charge in [0.15, 0.2) is 11.5 Å². The van der Waals surface area contributed by atoms with E-state index in [4.69, 9.17) is 14.3 Å². The number of aromatic hydroxyl groups is 1. The second-order valence-corrected chi connectivity index (χ2v) is 4.81. The summed E-state index contributed by atoms with van der Waals surface area (Å²) < 4.78 is 10.5. The molecule has 0 aliphatic carbocycles. The number of phenols is 1. The fraction of sp³-hybridized carbons (Fsp3) is 0.0588. The summed E-state index contributed by atoms with van der Waals surface area (Å²) in [5.41, 5.74) is 2.00. The van der Waals surface area contributed by atoms with Crippen LogP contribution < -0.4 is 4.74 Å². The molecule has 116 valence electrons. The molecule has 0 radical (unpaired) electrons.